The number of ether oxygens (including phenoxy) is 1. The van der Waals surface area contributed by atoms with E-state index in [4.69, 9.17) is 13.6 Å². The van der Waals surface area contributed by atoms with Crippen molar-refractivity contribution in [3.05, 3.63) is 30.5 Å². The maximum Gasteiger partial charge on any atom is 0.274 e. The maximum absolute atomic E-state index is 12.2. The Morgan fingerprint density at radius 2 is 2.43 bits per heavy atom. The van der Waals surface area contributed by atoms with Gasteiger partial charge in [-0.15, -0.1) is 0 Å². The second-order valence-electron chi connectivity index (χ2n) is 4.97. The summed E-state index contributed by atoms with van der Waals surface area (Å²) in [6, 6.07) is 3.45. The molecule has 0 radical (unpaired) electrons. The largest absolute Gasteiger partial charge is 0.461 e. The third-order valence-electron chi connectivity index (χ3n) is 3.36. The highest BCUT2D eigenvalue weighted by atomic mass is 16.5. The molecule has 0 bridgehead atoms. The first kappa shape index (κ1) is 13.8. The van der Waals surface area contributed by atoms with Crippen LogP contribution in [0.5, 0.6) is 0 Å². The summed E-state index contributed by atoms with van der Waals surface area (Å²) in [5.74, 6) is 0.512. The molecule has 7 heteroatoms. The molecular weight excluding hydrogens is 274 g/mol. The van der Waals surface area contributed by atoms with E-state index in [1.807, 2.05) is 7.05 Å². The highest BCUT2D eigenvalue weighted by Crippen LogP contribution is 2.23. The highest BCUT2D eigenvalue weighted by molar-refractivity contribution is 5.97. The number of carbonyl (C=O) groups excluding carboxylic acids is 1. The van der Waals surface area contributed by atoms with Gasteiger partial charge in [-0.25, -0.2) is 4.98 Å². The quantitative estimate of drug-likeness (QED) is 0.905. The second kappa shape index (κ2) is 6.11. The highest BCUT2D eigenvalue weighted by Gasteiger charge is 2.22. The van der Waals surface area contributed by atoms with E-state index < -0.39 is 0 Å². The predicted molar refractivity (Wildman–Crippen MR) is 73.8 cm³/mol. The van der Waals surface area contributed by atoms with E-state index in [1.165, 1.54) is 12.7 Å². The summed E-state index contributed by atoms with van der Waals surface area (Å²) < 4.78 is 16.1. The van der Waals surface area contributed by atoms with Gasteiger partial charge in [0.15, 0.2) is 17.8 Å². The molecule has 0 saturated carbocycles. The van der Waals surface area contributed by atoms with Crippen molar-refractivity contribution in [2.75, 3.05) is 33.3 Å². The van der Waals surface area contributed by atoms with Crippen LogP contribution in [0.4, 0.5) is 0 Å². The van der Waals surface area contributed by atoms with Crippen molar-refractivity contribution in [3.63, 3.8) is 0 Å². The number of oxazole rings is 1. The van der Waals surface area contributed by atoms with E-state index in [2.05, 4.69) is 15.2 Å². The summed E-state index contributed by atoms with van der Waals surface area (Å²) in [5, 5.41) is 2.82. The van der Waals surface area contributed by atoms with Crippen LogP contribution in [0.3, 0.4) is 0 Å². The molecule has 1 aliphatic heterocycles. The zero-order valence-electron chi connectivity index (χ0n) is 11.7. The number of nitrogens with zero attached hydrogens (tertiary/aromatic N) is 2. The SMILES string of the molecule is CN1CCOC(CNC(=O)c2ncoc2-c2ccco2)C1. The van der Waals surface area contributed by atoms with Crippen molar-refractivity contribution in [2.24, 2.45) is 0 Å². The predicted octanol–water partition coefficient (Wildman–Crippen LogP) is 0.995. The first-order valence-corrected chi connectivity index (χ1v) is 6.80. The Hall–Kier alpha value is -2.12. The van der Waals surface area contributed by atoms with Crippen LogP contribution >= 0.6 is 0 Å². The van der Waals surface area contributed by atoms with Crippen LogP contribution in [0.1, 0.15) is 10.5 Å². The lowest BCUT2D eigenvalue weighted by Gasteiger charge is -2.29. The van der Waals surface area contributed by atoms with Gasteiger partial charge < -0.3 is 23.8 Å². The van der Waals surface area contributed by atoms with Crippen molar-refractivity contribution < 1.29 is 18.4 Å². The molecule has 7 nitrogen and oxygen atoms in total. The van der Waals surface area contributed by atoms with E-state index in [9.17, 15) is 4.79 Å². The van der Waals surface area contributed by atoms with Crippen molar-refractivity contribution in [1.82, 2.24) is 15.2 Å². The molecule has 1 N–H and O–H groups in total. The maximum atomic E-state index is 12.2. The third kappa shape index (κ3) is 3.14. The van der Waals surface area contributed by atoms with Gasteiger partial charge in [0.25, 0.3) is 5.91 Å². The number of carbonyl (C=O) groups is 1. The van der Waals surface area contributed by atoms with E-state index in [0.717, 1.165) is 13.1 Å². The monoisotopic (exact) mass is 291 g/mol. The van der Waals surface area contributed by atoms with Crippen molar-refractivity contribution in [2.45, 2.75) is 6.10 Å². The molecule has 1 atom stereocenters. The van der Waals surface area contributed by atoms with Crippen LogP contribution in [0, 0.1) is 0 Å². The second-order valence-corrected chi connectivity index (χ2v) is 4.97. The molecule has 0 spiro atoms. The number of likely N-dealkylation sites (N-methyl/N-ethyl adjacent to an activating group) is 1. The Kier molecular flexibility index (Phi) is 4.03. The van der Waals surface area contributed by atoms with Crippen LogP contribution in [0.25, 0.3) is 11.5 Å². The van der Waals surface area contributed by atoms with Gasteiger partial charge in [-0.3, -0.25) is 4.79 Å². The first-order chi connectivity index (χ1) is 10.2. The molecule has 1 unspecified atom stereocenters. The Balaban J connectivity index is 1.62. The fourth-order valence-electron chi connectivity index (χ4n) is 2.27. The lowest BCUT2D eigenvalue weighted by atomic mass is 10.2. The third-order valence-corrected chi connectivity index (χ3v) is 3.36. The number of hydrogen-bond acceptors (Lipinski definition) is 6. The molecule has 3 rings (SSSR count). The van der Waals surface area contributed by atoms with Crippen LogP contribution in [0.2, 0.25) is 0 Å². The van der Waals surface area contributed by atoms with Gasteiger partial charge in [-0.05, 0) is 19.2 Å². The van der Waals surface area contributed by atoms with Crippen LogP contribution < -0.4 is 5.32 Å². The number of rotatable bonds is 4. The van der Waals surface area contributed by atoms with Crippen molar-refractivity contribution in [1.29, 1.82) is 0 Å². The fourth-order valence-corrected chi connectivity index (χ4v) is 2.27. The van der Waals surface area contributed by atoms with Crippen molar-refractivity contribution in [3.8, 4) is 11.5 Å². The zero-order chi connectivity index (χ0) is 14.7. The average Bonchev–Trinajstić information content (AvgIpc) is 3.14. The Labute approximate surface area is 121 Å². The van der Waals surface area contributed by atoms with Crippen molar-refractivity contribution >= 4 is 5.91 Å². The minimum Gasteiger partial charge on any atom is -0.461 e. The summed E-state index contributed by atoms with van der Waals surface area (Å²) in [4.78, 5) is 18.3. The number of morpholine rings is 1. The lowest BCUT2D eigenvalue weighted by molar-refractivity contribution is -0.0175. The zero-order valence-corrected chi connectivity index (χ0v) is 11.7. The summed E-state index contributed by atoms with van der Waals surface area (Å²) in [6.45, 7) is 2.83. The summed E-state index contributed by atoms with van der Waals surface area (Å²) >= 11 is 0. The van der Waals surface area contributed by atoms with Gasteiger partial charge in [0, 0.05) is 19.6 Å². The van der Waals surface area contributed by atoms with Gasteiger partial charge >= 0.3 is 0 Å². The van der Waals surface area contributed by atoms with Crippen LogP contribution in [-0.4, -0.2) is 55.2 Å². The molecule has 1 aliphatic rings. The van der Waals surface area contributed by atoms with Crippen LogP contribution in [0.15, 0.2) is 33.6 Å². The Morgan fingerprint density at radius 1 is 1.52 bits per heavy atom. The van der Waals surface area contributed by atoms with E-state index in [-0.39, 0.29) is 17.7 Å². The first-order valence-electron chi connectivity index (χ1n) is 6.80. The van der Waals surface area contributed by atoms with Gasteiger partial charge in [-0.2, -0.15) is 0 Å². The molecule has 0 aromatic carbocycles. The summed E-state index contributed by atoms with van der Waals surface area (Å²) in [6.07, 6.45) is 2.75. The minimum absolute atomic E-state index is 0.00772. The number of hydrogen-bond donors (Lipinski definition) is 1. The minimum atomic E-state index is -0.299. The Morgan fingerprint density at radius 3 is 3.19 bits per heavy atom. The molecule has 0 aliphatic carbocycles. The smallest absolute Gasteiger partial charge is 0.274 e. The average molecular weight is 291 g/mol. The van der Waals surface area contributed by atoms with E-state index >= 15 is 0 Å². The number of aromatic nitrogens is 1. The van der Waals surface area contributed by atoms with E-state index in [1.54, 1.807) is 12.1 Å². The summed E-state index contributed by atoms with van der Waals surface area (Å²) in [5.41, 5.74) is 0.217. The molecule has 1 saturated heterocycles. The number of furan rings is 1. The fraction of sp³-hybridized carbons (Fsp3) is 0.429. The Bertz CT molecular complexity index is 593. The molecular formula is C14H17N3O4. The summed E-state index contributed by atoms with van der Waals surface area (Å²) in [7, 11) is 2.03. The van der Waals surface area contributed by atoms with Crippen LogP contribution in [-0.2, 0) is 4.74 Å². The van der Waals surface area contributed by atoms with Gasteiger partial charge in [0.2, 0.25) is 5.76 Å². The number of amides is 1. The molecule has 112 valence electrons. The molecule has 2 aromatic rings. The van der Waals surface area contributed by atoms with Gasteiger partial charge in [0.1, 0.15) is 0 Å². The molecule has 1 amide bonds. The normalized spacial score (nSPS) is 19.6. The molecule has 21 heavy (non-hydrogen) atoms. The topological polar surface area (TPSA) is 80.7 Å². The molecule has 1 fully saturated rings. The molecule has 2 aromatic heterocycles. The lowest BCUT2D eigenvalue weighted by Crippen LogP contribution is -2.46. The molecule has 3 heterocycles. The van der Waals surface area contributed by atoms with E-state index in [0.29, 0.717) is 24.7 Å². The number of nitrogens with one attached hydrogen (secondary N) is 1. The van der Waals surface area contributed by atoms with Gasteiger partial charge in [-0.1, -0.05) is 0 Å². The standard InChI is InChI=1S/C14H17N3O4/c1-17-4-6-19-10(8-17)7-15-14(18)12-13(21-9-16-12)11-3-2-5-20-11/h2-3,5,9-10H,4,6-8H2,1H3,(H,15,18). The van der Waals surface area contributed by atoms with Gasteiger partial charge in [0.05, 0.1) is 19.0 Å².